The summed E-state index contributed by atoms with van der Waals surface area (Å²) >= 11 is 0. The summed E-state index contributed by atoms with van der Waals surface area (Å²) in [5.41, 5.74) is 0.252. The fourth-order valence-electron chi connectivity index (χ4n) is 3.42. The number of nitriles is 1. The van der Waals surface area contributed by atoms with Crippen molar-refractivity contribution >= 4 is 11.6 Å². The van der Waals surface area contributed by atoms with Crippen LogP contribution in [0.2, 0.25) is 0 Å². The Kier molecular flexibility index (Phi) is 6.83. The molecule has 0 unspecified atom stereocenters. The summed E-state index contributed by atoms with van der Waals surface area (Å²) in [4.78, 5) is 13.0. The van der Waals surface area contributed by atoms with Crippen molar-refractivity contribution in [2.45, 2.75) is 58.5 Å². The summed E-state index contributed by atoms with van der Waals surface area (Å²) in [5, 5.41) is 12.2. The maximum Gasteiger partial charge on any atom is 0.256 e. The van der Waals surface area contributed by atoms with Crippen LogP contribution in [-0.4, -0.2) is 24.7 Å². The second-order valence-corrected chi connectivity index (χ2v) is 6.75. The minimum Gasteiger partial charge on any atom is -0.492 e. The van der Waals surface area contributed by atoms with Crippen LogP contribution in [0.5, 0.6) is 5.75 Å². The Balaban J connectivity index is 2.19. The predicted octanol–water partition coefficient (Wildman–Crippen LogP) is 4.27. The smallest absolute Gasteiger partial charge is 0.256 e. The van der Waals surface area contributed by atoms with Crippen molar-refractivity contribution in [2.75, 3.05) is 18.5 Å². The maximum atomic E-state index is 13.0. The van der Waals surface area contributed by atoms with Crippen LogP contribution >= 0.6 is 0 Å². The molecule has 5 nitrogen and oxygen atoms in total. The average Bonchev–Trinajstić information content (AvgIpc) is 2.61. The highest BCUT2D eigenvalue weighted by atomic mass is 16.5. The Morgan fingerprint density at radius 2 is 2.24 bits per heavy atom. The standard InChI is InChI=1S/C20H28N2O3/c1-4-11-25-20(10-6-7-15(3)13-20)19(23)22-17-8-9-18(24-5-2)16(12-17)14-21/h8-9,12,15H,4-7,10-11,13H2,1-3H3,(H,22,23)/t15-,20+/m0/s1. The zero-order chi connectivity index (χ0) is 18.3. The monoisotopic (exact) mass is 344 g/mol. The van der Waals surface area contributed by atoms with Crippen molar-refractivity contribution in [1.82, 2.24) is 0 Å². The zero-order valence-corrected chi connectivity index (χ0v) is 15.4. The SMILES string of the molecule is CCCO[C@]1(C(=O)Nc2ccc(OCC)c(C#N)c2)CCC[C@H](C)C1. The van der Waals surface area contributed by atoms with Gasteiger partial charge < -0.3 is 14.8 Å². The van der Waals surface area contributed by atoms with Crippen molar-refractivity contribution in [1.29, 1.82) is 5.26 Å². The lowest BCUT2D eigenvalue weighted by Gasteiger charge is -2.38. The van der Waals surface area contributed by atoms with Crippen molar-refractivity contribution in [3.63, 3.8) is 0 Å². The van der Waals surface area contributed by atoms with Crippen molar-refractivity contribution in [3.05, 3.63) is 23.8 Å². The molecule has 1 fully saturated rings. The van der Waals surface area contributed by atoms with Crippen LogP contribution in [-0.2, 0) is 9.53 Å². The second-order valence-electron chi connectivity index (χ2n) is 6.75. The summed E-state index contributed by atoms with van der Waals surface area (Å²) < 4.78 is 11.5. The van der Waals surface area contributed by atoms with Gasteiger partial charge in [0.2, 0.25) is 0 Å². The summed E-state index contributed by atoms with van der Waals surface area (Å²) in [5.74, 6) is 0.887. The van der Waals surface area contributed by atoms with E-state index in [1.165, 1.54) is 0 Å². The molecule has 0 saturated heterocycles. The highest BCUT2D eigenvalue weighted by molar-refractivity contribution is 5.97. The highest BCUT2D eigenvalue weighted by Gasteiger charge is 2.42. The van der Waals surface area contributed by atoms with E-state index < -0.39 is 5.60 Å². The van der Waals surface area contributed by atoms with Gasteiger partial charge >= 0.3 is 0 Å². The number of amides is 1. The van der Waals surface area contributed by atoms with Crippen LogP contribution < -0.4 is 10.1 Å². The van der Waals surface area contributed by atoms with E-state index in [1.54, 1.807) is 18.2 Å². The third-order valence-corrected chi connectivity index (χ3v) is 4.61. The van der Waals surface area contributed by atoms with E-state index >= 15 is 0 Å². The van der Waals surface area contributed by atoms with Crippen molar-refractivity contribution in [3.8, 4) is 11.8 Å². The molecule has 0 aromatic heterocycles. The van der Waals surface area contributed by atoms with Gasteiger partial charge in [0.1, 0.15) is 17.4 Å². The van der Waals surface area contributed by atoms with Crippen LogP contribution in [0.3, 0.4) is 0 Å². The average molecular weight is 344 g/mol. The number of anilines is 1. The molecule has 1 amide bonds. The van der Waals surface area contributed by atoms with Gasteiger partial charge in [-0.3, -0.25) is 4.79 Å². The molecule has 0 radical (unpaired) electrons. The van der Waals surface area contributed by atoms with Gasteiger partial charge in [0, 0.05) is 12.3 Å². The van der Waals surface area contributed by atoms with Crippen molar-refractivity contribution in [2.24, 2.45) is 5.92 Å². The minimum atomic E-state index is -0.765. The van der Waals surface area contributed by atoms with Gasteiger partial charge in [0.25, 0.3) is 5.91 Å². The second kappa shape index (κ2) is 8.87. The molecule has 0 bridgehead atoms. The first-order chi connectivity index (χ1) is 12.0. The highest BCUT2D eigenvalue weighted by Crippen LogP contribution is 2.36. The largest absolute Gasteiger partial charge is 0.492 e. The number of nitrogens with one attached hydrogen (secondary N) is 1. The summed E-state index contributed by atoms with van der Waals surface area (Å²) in [6.07, 6.45) is 4.48. The Morgan fingerprint density at radius 1 is 1.44 bits per heavy atom. The molecule has 1 aliphatic carbocycles. The molecule has 2 rings (SSSR count). The van der Waals surface area contributed by atoms with E-state index in [1.807, 2.05) is 13.8 Å². The number of hydrogen-bond acceptors (Lipinski definition) is 4. The number of rotatable bonds is 7. The zero-order valence-electron chi connectivity index (χ0n) is 15.4. The Bertz CT molecular complexity index is 638. The van der Waals surface area contributed by atoms with E-state index in [-0.39, 0.29) is 5.91 Å². The molecule has 1 N–H and O–H groups in total. The number of ether oxygens (including phenoxy) is 2. The van der Waals surface area contributed by atoms with Gasteiger partial charge in [-0.15, -0.1) is 0 Å². The third kappa shape index (κ3) is 4.73. The Morgan fingerprint density at radius 3 is 2.88 bits per heavy atom. The molecule has 1 aliphatic rings. The number of carbonyl (C=O) groups is 1. The lowest BCUT2D eigenvalue weighted by atomic mass is 9.78. The number of hydrogen-bond donors (Lipinski definition) is 1. The lowest BCUT2D eigenvalue weighted by Crippen LogP contribution is -2.48. The molecular formula is C20H28N2O3. The molecular weight excluding hydrogens is 316 g/mol. The van der Waals surface area contributed by atoms with Crippen LogP contribution in [0.25, 0.3) is 0 Å². The van der Waals surface area contributed by atoms with E-state index in [2.05, 4.69) is 18.3 Å². The lowest BCUT2D eigenvalue weighted by molar-refractivity contribution is -0.148. The molecule has 136 valence electrons. The summed E-state index contributed by atoms with van der Waals surface area (Å²) in [6, 6.07) is 7.26. The Hall–Kier alpha value is -2.06. The molecule has 0 heterocycles. The first-order valence-corrected chi connectivity index (χ1v) is 9.17. The Labute approximate surface area is 150 Å². The van der Waals surface area contributed by atoms with E-state index in [9.17, 15) is 10.1 Å². The first-order valence-electron chi connectivity index (χ1n) is 9.17. The molecule has 2 atom stereocenters. The predicted molar refractivity (Wildman–Crippen MR) is 97.6 cm³/mol. The van der Waals surface area contributed by atoms with Gasteiger partial charge in [-0.2, -0.15) is 5.26 Å². The normalized spacial score (nSPS) is 22.9. The number of nitrogens with zero attached hydrogens (tertiary/aromatic N) is 1. The first kappa shape index (κ1) is 19.3. The summed E-state index contributed by atoms with van der Waals surface area (Å²) in [7, 11) is 0. The van der Waals surface area contributed by atoms with E-state index in [0.717, 1.165) is 32.1 Å². The van der Waals surface area contributed by atoms with Gasteiger partial charge in [-0.05, 0) is 56.7 Å². The quantitative estimate of drug-likeness (QED) is 0.802. The van der Waals surface area contributed by atoms with E-state index in [0.29, 0.717) is 36.1 Å². The molecule has 0 aliphatic heterocycles. The number of benzene rings is 1. The van der Waals surface area contributed by atoms with Gasteiger partial charge in [-0.25, -0.2) is 0 Å². The maximum absolute atomic E-state index is 13.0. The van der Waals surface area contributed by atoms with Crippen LogP contribution in [0.1, 0.15) is 58.4 Å². The fourth-order valence-corrected chi connectivity index (χ4v) is 3.42. The van der Waals surface area contributed by atoms with E-state index in [4.69, 9.17) is 9.47 Å². The molecule has 1 aromatic rings. The molecule has 1 saturated carbocycles. The molecule has 0 spiro atoms. The minimum absolute atomic E-state index is 0.111. The van der Waals surface area contributed by atoms with Gasteiger partial charge in [-0.1, -0.05) is 20.3 Å². The third-order valence-electron chi connectivity index (χ3n) is 4.61. The van der Waals surface area contributed by atoms with Crippen LogP contribution in [0.15, 0.2) is 18.2 Å². The number of carbonyl (C=O) groups excluding carboxylic acids is 1. The molecule has 1 aromatic carbocycles. The van der Waals surface area contributed by atoms with Gasteiger partial charge in [0.05, 0.1) is 12.2 Å². The van der Waals surface area contributed by atoms with Crippen LogP contribution in [0, 0.1) is 17.2 Å². The van der Waals surface area contributed by atoms with Gasteiger partial charge in [0.15, 0.2) is 0 Å². The fraction of sp³-hybridized carbons (Fsp3) is 0.600. The molecule has 25 heavy (non-hydrogen) atoms. The van der Waals surface area contributed by atoms with Crippen LogP contribution in [0.4, 0.5) is 5.69 Å². The summed E-state index contributed by atoms with van der Waals surface area (Å²) in [6.45, 7) is 7.15. The topological polar surface area (TPSA) is 71.3 Å². The molecule has 5 heteroatoms. The van der Waals surface area contributed by atoms with Crippen molar-refractivity contribution < 1.29 is 14.3 Å².